The van der Waals surface area contributed by atoms with E-state index in [4.69, 9.17) is 22.1 Å². The largest absolute Gasteiger partial charge is 0.399 e. The van der Waals surface area contributed by atoms with Crippen LogP contribution >= 0.6 is 11.6 Å². The first kappa shape index (κ1) is 13.2. The number of sulfonamides is 1. The number of benzene rings is 1. The van der Waals surface area contributed by atoms with Crippen LogP contribution in [-0.2, 0) is 14.8 Å². The minimum atomic E-state index is -3.63. The molecule has 90 valence electrons. The molecule has 1 rings (SSSR count). The fraction of sp³-hybridized carbons (Fsp3) is 0.333. The summed E-state index contributed by atoms with van der Waals surface area (Å²) in [6, 6.07) is 4.30. The maximum atomic E-state index is 11.8. The van der Waals surface area contributed by atoms with Crippen LogP contribution in [0.3, 0.4) is 0 Å². The van der Waals surface area contributed by atoms with Gasteiger partial charge in [-0.15, -0.1) is 0 Å². The van der Waals surface area contributed by atoms with Crippen molar-refractivity contribution in [3.05, 3.63) is 23.2 Å². The van der Waals surface area contributed by atoms with E-state index in [0.717, 1.165) is 0 Å². The molecule has 7 heteroatoms. The fourth-order valence-corrected chi connectivity index (χ4v) is 2.63. The highest BCUT2D eigenvalue weighted by Crippen LogP contribution is 2.23. The van der Waals surface area contributed by atoms with E-state index in [2.05, 4.69) is 4.72 Å². The maximum absolute atomic E-state index is 11.8. The number of anilines is 1. The predicted molar refractivity (Wildman–Crippen MR) is 62.9 cm³/mol. The zero-order valence-corrected chi connectivity index (χ0v) is 10.3. The normalized spacial score (nSPS) is 11.6. The van der Waals surface area contributed by atoms with Crippen molar-refractivity contribution in [1.82, 2.24) is 4.72 Å². The summed E-state index contributed by atoms with van der Waals surface area (Å²) in [5, 5.41) is 0.138. The van der Waals surface area contributed by atoms with Crippen LogP contribution in [0, 0.1) is 0 Å². The molecule has 5 nitrogen and oxygen atoms in total. The van der Waals surface area contributed by atoms with Gasteiger partial charge in [0, 0.05) is 19.3 Å². The lowest BCUT2D eigenvalue weighted by Gasteiger charge is -2.08. The zero-order chi connectivity index (χ0) is 12.2. The van der Waals surface area contributed by atoms with Crippen LogP contribution in [0.2, 0.25) is 5.02 Å². The van der Waals surface area contributed by atoms with E-state index in [0.29, 0.717) is 12.3 Å². The van der Waals surface area contributed by atoms with E-state index in [9.17, 15) is 8.42 Å². The molecule has 0 saturated carbocycles. The smallest absolute Gasteiger partial charge is 0.242 e. The van der Waals surface area contributed by atoms with Gasteiger partial charge in [0.1, 0.15) is 4.90 Å². The molecule has 0 spiro atoms. The average molecular weight is 265 g/mol. The van der Waals surface area contributed by atoms with Crippen LogP contribution in [0.15, 0.2) is 23.1 Å². The van der Waals surface area contributed by atoms with Crippen molar-refractivity contribution in [3.8, 4) is 0 Å². The van der Waals surface area contributed by atoms with Gasteiger partial charge in [-0.3, -0.25) is 0 Å². The Morgan fingerprint density at radius 3 is 2.81 bits per heavy atom. The predicted octanol–water partition coefficient (Wildman–Crippen LogP) is 0.847. The third-order valence-corrected chi connectivity index (χ3v) is 3.79. The third-order valence-electron chi connectivity index (χ3n) is 1.84. The summed E-state index contributed by atoms with van der Waals surface area (Å²) in [6.07, 6.45) is 0. The van der Waals surface area contributed by atoms with Crippen molar-refractivity contribution in [3.63, 3.8) is 0 Å². The van der Waals surface area contributed by atoms with Crippen LogP contribution in [0.5, 0.6) is 0 Å². The first-order valence-corrected chi connectivity index (χ1v) is 6.37. The Balaban J connectivity index is 2.93. The summed E-state index contributed by atoms with van der Waals surface area (Å²) in [5.74, 6) is 0. The van der Waals surface area contributed by atoms with Gasteiger partial charge in [-0.05, 0) is 18.2 Å². The monoisotopic (exact) mass is 264 g/mol. The Kier molecular flexibility index (Phi) is 4.55. The molecule has 1 aromatic carbocycles. The highest BCUT2D eigenvalue weighted by Gasteiger charge is 2.17. The number of methoxy groups -OCH3 is 1. The van der Waals surface area contributed by atoms with Crippen molar-refractivity contribution >= 4 is 27.3 Å². The molecule has 3 N–H and O–H groups in total. The highest BCUT2D eigenvalue weighted by atomic mass is 35.5. The molecule has 0 saturated heterocycles. The standard InChI is InChI=1S/C9H13ClN2O3S/c1-15-5-4-12-16(13,14)9-6-7(11)2-3-8(9)10/h2-3,6,12H,4-5,11H2,1H3. The van der Waals surface area contributed by atoms with E-state index in [1.165, 1.54) is 25.3 Å². The molecule has 0 fully saturated rings. The molecule has 0 unspecified atom stereocenters. The van der Waals surface area contributed by atoms with Gasteiger partial charge in [0.2, 0.25) is 10.0 Å². The van der Waals surface area contributed by atoms with Gasteiger partial charge in [0.05, 0.1) is 11.6 Å². The molecule has 1 aromatic rings. The Hall–Kier alpha value is -0.820. The Labute approximate surface area is 99.6 Å². The van der Waals surface area contributed by atoms with Crippen LogP contribution < -0.4 is 10.5 Å². The number of hydrogen-bond acceptors (Lipinski definition) is 4. The molecule has 0 atom stereocenters. The molecule has 0 aliphatic carbocycles. The van der Waals surface area contributed by atoms with Crippen molar-refractivity contribution in [2.75, 3.05) is 26.0 Å². The van der Waals surface area contributed by atoms with Crippen molar-refractivity contribution < 1.29 is 13.2 Å². The minimum Gasteiger partial charge on any atom is -0.399 e. The van der Waals surface area contributed by atoms with Crippen molar-refractivity contribution in [1.29, 1.82) is 0 Å². The Bertz CT molecular complexity index is 462. The second-order valence-corrected chi connectivity index (χ2v) is 5.22. The number of nitrogen functional groups attached to an aromatic ring is 1. The highest BCUT2D eigenvalue weighted by molar-refractivity contribution is 7.89. The fourth-order valence-electron chi connectivity index (χ4n) is 1.08. The van der Waals surface area contributed by atoms with Crippen LogP contribution in [0.1, 0.15) is 0 Å². The van der Waals surface area contributed by atoms with Gasteiger partial charge in [-0.2, -0.15) is 0 Å². The molecule has 0 aliphatic rings. The Morgan fingerprint density at radius 2 is 2.19 bits per heavy atom. The quantitative estimate of drug-likeness (QED) is 0.610. The minimum absolute atomic E-state index is 0.0229. The lowest BCUT2D eigenvalue weighted by atomic mass is 10.3. The molecule has 0 bridgehead atoms. The van der Waals surface area contributed by atoms with Gasteiger partial charge in [-0.1, -0.05) is 11.6 Å². The van der Waals surface area contributed by atoms with E-state index in [1.54, 1.807) is 0 Å². The number of ether oxygens (including phenoxy) is 1. The van der Waals surface area contributed by atoms with Crippen molar-refractivity contribution in [2.24, 2.45) is 0 Å². The molecular formula is C9H13ClN2O3S. The zero-order valence-electron chi connectivity index (χ0n) is 8.73. The number of nitrogens with one attached hydrogen (secondary N) is 1. The van der Waals surface area contributed by atoms with Crippen LogP contribution in [0.4, 0.5) is 5.69 Å². The molecule has 16 heavy (non-hydrogen) atoms. The topological polar surface area (TPSA) is 81.4 Å². The molecule has 0 aliphatic heterocycles. The molecule has 0 aromatic heterocycles. The Morgan fingerprint density at radius 1 is 1.50 bits per heavy atom. The maximum Gasteiger partial charge on any atom is 0.242 e. The van der Waals surface area contributed by atoms with Gasteiger partial charge >= 0.3 is 0 Å². The number of halogens is 1. The van der Waals surface area contributed by atoms with Crippen LogP contribution in [0.25, 0.3) is 0 Å². The summed E-state index contributed by atoms with van der Waals surface area (Å²) in [5.41, 5.74) is 5.85. The van der Waals surface area contributed by atoms with E-state index in [-0.39, 0.29) is 16.5 Å². The van der Waals surface area contributed by atoms with Gasteiger partial charge < -0.3 is 10.5 Å². The van der Waals surface area contributed by atoms with Gasteiger partial charge in [0.25, 0.3) is 0 Å². The summed E-state index contributed by atoms with van der Waals surface area (Å²) in [7, 11) is -2.14. The third kappa shape index (κ3) is 3.34. The number of hydrogen-bond donors (Lipinski definition) is 2. The molecule has 0 heterocycles. The summed E-state index contributed by atoms with van der Waals surface area (Å²) in [6.45, 7) is 0.475. The molecule has 0 radical (unpaired) electrons. The van der Waals surface area contributed by atoms with Crippen LogP contribution in [-0.4, -0.2) is 28.7 Å². The van der Waals surface area contributed by atoms with Gasteiger partial charge in [0.15, 0.2) is 0 Å². The summed E-state index contributed by atoms with van der Waals surface area (Å²) < 4.78 is 30.6. The summed E-state index contributed by atoms with van der Waals surface area (Å²) in [4.78, 5) is -0.0229. The molecule has 0 amide bonds. The first-order valence-electron chi connectivity index (χ1n) is 4.51. The second kappa shape index (κ2) is 5.49. The number of rotatable bonds is 5. The van der Waals surface area contributed by atoms with Crippen molar-refractivity contribution in [2.45, 2.75) is 4.90 Å². The first-order chi connectivity index (χ1) is 7.47. The lowest BCUT2D eigenvalue weighted by Crippen LogP contribution is -2.27. The average Bonchev–Trinajstić information content (AvgIpc) is 2.22. The van der Waals surface area contributed by atoms with E-state index >= 15 is 0 Å². The van der Waals surface area contributed by atoms with E-state index in [1.807, 2.05) is 0 Å². The SMILES string of the molecule is COCCNS(=O)(=O)c1cc(N)ccc1Cl. The summed E-state index contributed by atoms with van der Waals surface area (Å²) >= 11 is 5.79. The second-order valence-electron chi connectivity index (χ2n) is 3.08. The van der Waals surface area contributed by atoms with E-state index < -0.39 is 10.0 Å². The molecular weight excluding hydrogens is 252 g/mol. The van der Waals surface area contributed by atoms with Gasteiger partial charge in [-0.25, -0.2) is 13.1 Å². The number of nitrogens with two attached hydrogens (primary N) is 1. The lowest BCUT2D eigenvalue weighted by molar-refractivity contribution is 0.204.